The molecule has 0 atom stereocenters. The summed E-state index contributed by atoms with van der Waals surface area (Å²) in [5.41, 5.74) is 1.84. The van der Waals surface area contributed by atoms with Gasteiger partial charge in [-0.3, -0.25) is 14.6 Å². The van der Waals surface area contributed by atoms with E-state index in [4.69, 9.17) is 4.74 Å². The third-order valence-electron chi connectivity index (χ3n) is 4.42. The molecule has 1 saturated heterocycles. The first-order chi connectivity index (χ1) is 12.1. The van der Waals surface area contributed by atoms with Crippen LogP contribution < -0.4 is 10.1 Å². The molecule has 5 nitrogen and oxygen atoms in total. The van der Waals surface area contributed by atoms with Crippen LogP contribution in [-0.2, 0) is 11.3 Å². The molecule has 0 spiro atoms. The summed E-state index contributed by atoms with van der Waals surface area (Å²) < 4.78 is 5.32. The van der Waals surface area contributed by atoms with Crippen LogP contribution in [0.1, 0.15) is 10.4 Å². The number of benzene rings is 1. The summed E-state index contributed by atoms with van der Waals surface area (Å²) in [7, 11) is 1.62. The highest BCUT2D eigenvalue weighted by molar-refractivity contribution is 7.09. The second kappa shape index (κ2) is 8.47. The van der Waals surface area contributed by atoms with Gasteiger partial charge in [0.25, 0.3) is 0 Å². The standard InChI is InChI=1S/C19H25N3O2S/c1-15-5-6-18(24-2)17(12-15)20-19(23)14-22-9-7-21(8-10-22)13-16-4-3-11-25-16/h3-6,11-12H,7-10,13-14H2,1-2H3,(H,20,23). The fourth-order valence-electron chi connectivity index (χ4n) is 3.04. The molecule has 1 amide bonds. The lowest BCUT2D eigenvalue weighted by Crippen LogP contribution is -2.48. The summed E-state index contributed by atoms with van der Waals surface area (Å²) in [6.07, 6.45) is 0. The van der Waals surface area contributed by atoms with E-state index < -0.39 is 0 Å². The number of ether oxygens (including phenoxy) is 1. The molecule has 0 bridgehead atoms. The number of rotatable bonds is 6. The van der Waals surface area contributed by atoms with Crippen LogP contribution in [0.4, 0.5) is 5.69 Å². The molecule has 2 aromatic rings. The predicted octanol–water partition coefficient (Wildman–Crippen LogP) is 2.82. The van der Waals surface area contributed by atoms with E-state index in [1.54, 1.807) is 18.4 Å². The summed E-state index contributed by atoms with van der Waals surface area (Å²) in [6.45, 7) is 7.27. The van der Waals surface area contributed by atoms with Gasteiger partial charge in [0.05, 0.1) is 19.3 Å². The summed E-state index contributed by atoms with van der Waals surface area (Å²) in [4.78, 5) is 18.4. The van der Waals surface area contributed by atoms with Crippen molar-refractivity contribution in [3.63, 3.8) is 0 Å². The van der Waals surface area contributed by atoms with E-state index in [0.29, 0.717) is 12.3 Å². The van der Waals surface area contributed by atoms with Crippen LogP contribution in [0.15, 0.2) is 35.7 Å². The Balaban J connectivity index is 1.47. The number of aryl methyl sites for hydroxylation is 1. The first-order valence-electron chi connectivity index (χ1n) is 8.55. The second-order valence-corrected chi connectivity index (χ2v) is 7.42. The molecule has 1 aliphatic heterocycles. The molecule has 3 rings (SSSR count). The van der Waals surface area contributed by atoms with Gasteiger partial charge in [0.1, 0.15) is 5.75 Å². The number of carbonyl (C=O) groups is 1. The number of piperazine rings is 1. The maximum atomic E-state index is 12.4. The third kappa shape index (κ3) is 5.04. The van der Waals surface area contributed by atoms with E-state index in [1.807, 2.05) is 25.1 Å². The number of carbonyl (C=O) groups excluding carboxylic acids is 1. The van der Waals surface area contributed by atoms with E-state index in [0.717, 1.165) is 44.0 Å². The van der Waals surface area contributed by atoms with Gasteiger partial charge in [-0.15, -0.1) is 11.3 Å². The van der Waals surface area contributed by atoms with Crippen LogP contribution in [0, 0.1) is 6.92 Å². The lowest BCUT2D eigenvalue weighted by atomic mass is 10.2. The first-order valence-corrected chi connectivity index (χ1v) is 9.43. The maximum absolute atomic E-state index is 12.4. The molecular formula is C19H25N3O2S. The molecule has 0 unspecified atom stereocenters. The highest BCUT2D eigenvalue weighted by atomic mass is 32.1. The first kappa shape index (κ1) is 17.9. The molecule has 0 aliphatic carbocycles. The summed E-state index contributed by atoms with van der Waals surface area (Å²) in [5.74, 6) is 0.704. The Morgan fingerprint density at radius 1 is 1.20 bits per heavy atom. The van der Waals surface area contributed by atoms with Gasteiger partial charge < -0.3 is 10.1 Å². The molecule has 1 aromatic heterocycles. The number of nitrogens with one attached hydrogen (secondary N) is 1. The number of thiophene rings is 1. The lowest BCUT2D eigenvalue weighted by Gasteiger charge is -2.34. The number of hydrogen-bond acceptors (Lipinski definition) is 5. The Morgan fingerprint density at radius 2 is 1.96 bits per heavy atom. The van der Waals surface area contributed by atoms with Gasteiger partial charge in [-0.25, -0.2) is 0 Å². The van der Waals surface area contributed by atoms with Gasteiger partial charge >= 0.3 is 0 Å². The largest absolute Gasteiger partial charge is 0.495 e. The van der Waals surface area contributed by atoms with E-state index in [-0.39, 0.29) is 5.91 Å². The van der Waals surface area contributed by atoms with Crippen molar-refractivity contribution in [1.82, 2.24) is 9.80 Å². The molecule has 1 N–H and O–H groups in total. The minimum atomic E-state index is 0.00982. The molecule has 25 heavy (non-hydrogen) atoms. The Bertz CT molecular complexity index is 695. The van der Waals surface area contributed by atoms with Gasteiger partial charge in [-0.1, -0.05) is 12.1 Å². The molecule has 134 valence electrons. The SMILES string of the molecule is COc1ccc(C)cc1NC(=O)CN1CCN(Cc2cccs2)CC1. The molecule has 0 saturated carbocycles. The fraction of sp³-hybridized carbons (Fsp3) is 0.421. The second-order valence-electron chi connectivity index (χ2n) is 6.38. The Hall–Kier alpha value is -1.89. The number of amides is 1. The summed E-state index contributed by atoms with van der Waals surface area (Å²) >= 11 is 1.80. The molecule has 0 radical (unpaired) electrons. The van der Waals surface area contributed by atoms with Crippen molar-refractivity contribution in [2.45, 2.75) is 13.5 Å². The molecule has 1 fully saturated rings. The fourth-order valence-corrected chi connectivity index (χ4v) is 3.79. The zero-order valence-corrected chi connectivity index (χ0v) is 15.6. The molecule has 2 heterocycles. The van der Waals surface area contributed by atoms with Crippen molar-refractivity contribution < 1.29 is 9.53 Å². The average molecular weight is 359 g/mol. The normalized spacial score (nSPS) is 15.9. The number of methoxy groups -OCH3 is 1. The molecular weight excluding hydrogens is 334 g/mol. The van der Waals surface area contributed by atoms with Gasteiger partial charge in [-0.2, -0.15) is 0 Å². The quantitative estimate of drug-likeness (QED) is 0.861. The van der Waals surface area contributed by atoms with Crippen LogP contribution in [0.3, 0.4) is 0 Å². The lowest BCUT2D eigenvalue weighted by molar-refractivity contribution is -0.117. The van der Waals surface area contributed by atoms with E-state index in [2.05, 4.69) is 32.6 Å². The van der Waals surface area contributed by atoms with E-state index >= 15 is 0 Å². The number of nitrogens with zero attached hydrogens (tertiary/aromatic N) is 2. The number of hydrogen-bond donors (Lipinski definition) is 1. The van der Waals surface area contributed by atoms with Gasteiger partial charge in [0.2, 0.25) is 5.91 Å². The molecule has 1 aliphatic rings. The van der Waals surface area contributed by atoms with Crippen molar-refractivity contribution in [1.29, 1.82) is 0 Å². The average Bonchev–Trinajstić information content (AvgIpc) is 3.10. The zero-order valence-electron chi connectivity index (χ0n) is 14.8. The van der Waals surface area contributed by atoms with Gasteiger partial charge in [-0.05, 0) is 36.1 Å². The molecule has 6 heteroatoms. The highest BCUT2D eigenvalue weighted by Gasteiger charge is 2.19. The minimum absolute atomic E-state index is 0.00982. The predicted molar refractivity (Wildman–Crippen MR) is 102 cm³/mol. The van der Waals surface area contributed by atoms with E-state index in [1.165, 1.54) is 4.88 Å². The smallest absolute Gasteiger partial charge is 0.238 e. The maximum Gasteiger partial charge on any atom is 0.238 e. The monoisotopic (exact) mass is 359 g/mol. The third-order valence-corrected chi connectivity index (χ3v) is 5.28. The topological polar surface area (TPSA) is 44.8 Å². The van der Waals surface area contributed by atoms with Crippen molar-refractivity contribution >= 4 is 22.9 Å². The van der Waals surface area contributed by atoms with Crippen LogP contribution in [0.25, 0.3) is 0 Å². The van der Waals surface area contributed by atoms with Gasteiger partial charge in [0.15, 0.2) is 0 Å². The van der Waals surface area contributed by atoms with Crippen LogP contribution in [0.5, 0.6) is 5.75 Å². The van der Waals surface area contributed by atoms with Crippen LogP contribution in [-0.4, -0.2) is 55.5 Å². The Kier molecular flexibility index (Phi) is 6.07. The van der Waals surface area contributed by atoms with Gasteiger partial charge in [0, 0.05) is 37.6 Å². The number of anilines is 1. The highest BCUT2D eigenvalue weighted by Crippen LogP contribution is 2.25. The summed E-state index contributed by atoms with van der Waals surface area (Å²) in [6, 6.07) is 10.1. The minimum Gasteiger partial charge on any atom is -0.495 e. The van der Waals surface area contributed by atoms with Crippen molar-refractivity contribution in [3.8, 4) is 5.75 Å². The zero-order chi connectivity index (χ0) is 17.6. The van der Waals surface area contributed by atoms with Crippen molar-refractivity contribution in [2.24, 2.45) is 0 Å². The Labute approximate surface area is 153 Å². The van der Waals surface area contributed by atoms with Crippen molar-refractivity contribution in [3.05, 3.63) is 46.2 Å². The van der Waals surface area contributed by atoms with Crippen LogP contribution in [0.2, 0.25) is 0 Å². The summed E-state index contributed by atoms with van der Waals surface area (Å²) in [5, 5.41) is 5.10. The van der Waals surface area contributed by atoms with Crippen LogP contribution >= 0.6 is 11.3 Å². The Morgan fingerprint density at radius 3 is 2.64 bits per heavy atom. The van der Waals surface area contributed by atoms with Crippen molar-refractivity contribution in [2.75, 3.05) is 45.2 Å². The molecule has 1 aromatic carbocycles. The van der Waals surface area contributed by atoms with E-state index in [9.17, 15) is 4.79 Å².